The van der Waals surface area contributed by atoms with Crippen LogP contribution in [0, 0.1) is 0 Å². The number of ether oxygens (including phenoxy) is 1. The third-order valence-corrected chi connectivity index (χ3v) is 7.34. The Hall–Kier alpha value is -3.64. The smallest absolute Gasteiger partial charge is 0.174 e. The Morgan fingerprint density at radius 3 is 2.31 bits per heavy atom. The van der Waals surface area contributed by atoms with Crippen molar-refractivity contribution < 1.29 is 4.74 Å². The van der Waals surface area contributed by atoms with Gasteiger partial charge in [-0.05, 0) is 85.7 Å². The second-order valence-electron chi connectivity index (χ2n) is 9.18. The molecule has 2 aromatic carbocycles. The zero-order chi connectivity index (χ0) is 23.6. The monoisotopic (exact) mass is 480 g/mol. The summed E-state index contributed by atoms with van der Waals surface area (Å²) in [5.74, 6) is 1.62. The van der Waals surface area contributed by atoms with Gasteiger partial charge in [0.1, 0.15) is 17.5 Å². The van der Waals surface area contributed by atoms with Crippen molar-refractivity contribution in [2.24, 2.45) is 0 Å². The number of aromatic nitrogens is 2. The number of para-hydroxylation sites is 1. The molecule has 3 heterocycles. The highest BCUT2D eigenvalue weighted by Crippen LogP contribution is 2.44. The molecular weight excluding hydrogens is 452 g/mol. The molecule has 176 valence electrons. The van der Waals surface area contributed by atoms with E-state index in [1.165, 1.54) is 31.4 Å². The molecule has 0 bridgehead atoms. The first kappa shape index (κ1) is 21.9. The van der Waals surface area contributed by atoms with Gasteiger partial charge in [-0.1, -0.05) is 37.1 Å². The van der Waals surface area contributed by atoms with Crippen LogP contribution < -0.4 is 15.0 Å². The van der Waals surface area contributed by atoms with E-state index in [0.29, 0.717) is 11.2 Å². The third-order valence-electron chi connectivity index (χ3n) is 7.02. The summed E-state index contributed by atoms with van der Waals surface area (Å²) < 4.78 is 8.49. The van der Waals surface area contributed by atoms with Crippen molar-refractivity contribution >= 4 is 23.0 Å². The van der Waals surface area contributed by atoms with Crippen molar-refractivity contribution in [1.29, 1.82) is 0 Å². The Bertz CT molecular complexity index is 1280. The van der Waals surface area contributed by atoms with Crippen LogP contribution in [0.15, 0.2) is 97.3 Å². The van der Waals surface area contributed by atoms with Crippen LogP contribution >= 0.6 is 12.2 Å². The van der Waals surface area contributed by atoms with E-state index in [1.807, 2.05) is 60.8 Å². The zero-order valence-corrected chi connectivity index (χ0v) is 20.3. The van der Waals surface area contributed by atoms with Crippen molar-refractivity contribution in [3.05, 3.63) is 109 Å². The number of hydrogen-bond donors (Lipinski definition) is 1. The summed E-state index contributed by atoms with van der Waals surface area (Å²) in [5, 5.41) is 4.29. The molecule has 1 saturated carbocycles. The van der Waals surface area contributed by atoms with Crippen molar-refractivity contribution in [2.45, 2.75) is 43.8 Å². The van der Waals surface area contributed by atoms with Crippen molar-refractivity contribution in [1.82, 2.24) is 14.9 Å². The van der Waals surface area contributed by atoms with E-state index in [9.17, 15) is 0 Å². The van der Waals surface area contributed by atoms with E-state index in [1.54, 1.807) is 0 Å². The first-order valence-corrected chi connectivity index (χ1v) is 12.7. The van der Waals surface area contributed by atoms with Gasteiger partial charge in [-0.25, -0.2) is 0 Å². The topological polar surface area (TPSA) is 42.3 Å². The van der Waals surface area contributed by atoms with Crippen LogP contribution in [0.1, 0.15) is 55.2 Å². The van der Waals surface area contributed by atoms with E-state index in [0.717, 1.165) is 22.9 Å². The van der Waals surface area contributed by atoms with Gasteiger partial charge < -0.3 is 19.5 Å². The molecule has 1 saturated heterocycles. The Labute approximate surface area is 211 Å². The number of nitrogens with zero attached hydrogens (tertiary/aromatic N) is 3. The highest BCUT2D eigenvalue weighted by atomic mass is 32.1. The van der Waals surface area contributed by atoms with Gasteiger partial charge >= 0.3 is 0 Å². The van der Waals surface area contributed by atoms with Crippen molar-refractivity contribution in [3.63, 3.8) is 0 Å². The SMILES string of the molecule is S=C1N[C@@H](c2ccccn2)[C@@H](c2cccn2C2CCCC2)N1c1ccc(Oc2ccccc2)cc1. The number of rotatable bonds is 6. The fourth-order valence-electron chi connectivity index (χ4n) is 5.41. The second kappa shape index (κ2) is 9.55. The van der Waals surface area contributed by atoms with Crippen molar-refractivity contribution in [3.8, 4) is 11.5 Å². The lowest BCUT2D eigenvalue weighted by Crippen LogP contribution is -2.30. The minimum Gasteiger partial charge on any atom is -0.457 e. The maximum absolute atomic E-state index is 6.02. The lowest BCUT2D eigenvalue weighted by Gasteiger charge is -2.30. The zero-order valence-electron chi connectivity index (χ0n) is 19.5. The van der Waals surface area contributed by atoms with Gasteiger partial charge in [-0.3, -0.25) is 4.98 Å². The highest BCUT2D eigenvalue weighted by Gasteiger charge is 2.42. The molecule has 6 rings (SSSR count). The van der Waals surface area contributed by atoms with Gasteiger partial charge in [0.15, 0.2) is 5.11 Å². The normalized spacial score (nSPS) is 20.2. The Kier molecular flexibility index (Phi) is 5.96. The predicted molar refractivity (Wildman–Crippen MR) is 143 cm³/mol. The molecule has 1 aliphatic heterocycles. The quantitative estimate of drug-likeness (QED) is 0.302. The number of pyridine rings is 1. The summed E-state index contributed by atoms with van der Waals surface area (Å²) in [4.78, 5) is 6.93. The Balaban J connectivity index is 1.37. The molecule has 5 nitrogen and oxygen atoms in total. The van der Waals surface area contributed by atoms with E-state index < -0.39 is 0 Å². The molecule has 0 radical (unpaired) electrons. The van der Waals surface area contributed by atoms with Crippen LogP contribution in [0.25, 0.3) is 0 Å². The minimum atomic E-state index is -0.0426. The molecule has 1 aliphatic carbocycles. The summed E-state index contributed by atoms with van der Waals surface area (Å²) in [5.41, 5.74) is 3.29. The molecule has 4 aromatic rings. The van der Waals surface area contributed by atoms with Gasteiger partial charge in [-0.2, -0.15) is 0 Å². The van der Waals surface area contributed by atoms with Gasteiger partial charge in [0.05, 0.1) is 11.7 Å². The van der Waals surface area contributed by atoms with Crippen LogP contribution in [-0.4, -0.2) is 14.7 Å². The van der Waals surface area contributed by atoms with Gasteiger partial charge in [-0.15, -0.1) is 0 Å². The van der Waals surface area contributed by atoms with E-state index in [4.69, 9.17) is 21.9 Å². The first-order chi connectivity index (χ1) is 17.3. The fourth-order valence-corrected chi connectivity index (χ4v) is 5.75. The average Bonchev–Trinajstić information content (AvgIpc) is 3.65. The lowest BCUT2D eigenvalue weighted by molar-refractivity contribution is 0.461. The van der Waals surface area contributed by atoms with Gasteiger partial charge in [0, 0.05) is 29.8 Å². The fraction of sp³-hybridized carbons (Fsp3) is 0.241. The Morgan fingerprint density at radius 2 is 1.57 bits per heavy atom. The summed E-state index contributed by atoms with van der Waals surface area (Å²) in [6.07, 6.45) is 9.13. The Morgan fingerprint density at radius 1 is 0.829 bits per heavy atom. The molecule has 2 fully saturated rings. The summed E-state index contributed by atoms with van der Waals surface area (Å²) in [7, 11) is 0. The molecule has 35 heavy (non-hydrogen) atoms. The van der Waals surface area contributed by atoms with Crippen LogP contribution in [0.2, 0.25) is 0 Å². The summed E-state index contributed by atoms with van der Waals surface area (Å²) in [6, 6.07) is 29.0. The van der Waals surface area contributed by atoms with Crippen LogP contribution in [0.3, 0.4) is 0 Å². The number of hydrogen-bond acceptors (Lipinski definition) is 3. The molecule has 2 aliphatic rings. The van der Waals surface area contributed by atoms with Gasteiger partial charge in [0.25, 0.3) is 0 Å². The maximum Gasteiger partial charge on any atom is 0.174 e. The number of anilines is 1. The first-order valence-electron chi connectivity index (χ1n) is 12.3. The van der Waals surface area contributed by atoms with Gasteiger partial charge in [0.2, 0.25) is 0 Å². The standard InChI is InChI=1S/C29H28N4OS/c35-29-31-27(25-13-6-7-19-30-25)28(26-14-8-20-32(26)21-9-4-5-10-21)33(29)22-15-17-24(18-16-22)34-23-11-2-1-3-12-23/h1-3,6-8,11-21,27-28H,4-5,9-10H2,(H,31,35)/t27-,28+/m0/s1. The average molecular weight is 481 g/mol. The molecule has 2 aromatic heterocycles. The molecule has 1 N–H and O–H groups in total. The van der Waals surface area contributed by atoms with Crippen molar-refractivity contribution in [2.75, 3.05) is 4.90 Å². The predicted octanol–water partition coefficient (Wildman–Crippen LogP) is 6.97. The van der Waals surface area contributed by atoms with E-state index >= 15 is 0 Å². The highest BCUT2D eigenvalue weighted by molar-refractivity contribution is 7.80. The van der Waals surface area contributed by atoms with E-state index in [-0.39, 0.29) is 12.1 Å². The number of benzene rings is 2. The van der Waals surface area contributed by atoms with Crippen LogP contribution in [-0.2, 0) is 0 Å². The summed E-state index contributed by atoms with van der Waals surface area (Å²) >= 11 is 5.91. The lowest BCUT2D eigenvalue weighted by atomic mass is 10.00. The number of nitrogens with one attached hydrogen (secondary N) is 1. The van der Waals surface area contributed by atoms with Crippen LogP contribution in [0.4, 0.5) is 5.69 Å². The third kappa shape index (κ3) is 4.30. The minimum absolute atomic E-state index is 0.00566. The molecule has 6 heteroatoms. The van der Waals surface area contributed by atoms with Crippen LogP contribution in [0.5, 0.6) is 11.5 Å². The van der Waals surface area contributed by atoms with E-state index in [2.05, 4.69) is 51.3 Å². The molecule has 0 amide bonds. The molecule has 0 unspecified atom stereocenters. The second-order valence-corrected chi connectivity index (χ2v) is 9.57. The maximum atomic E-state index is 6.02. The molecular formula is C29H28N4OS. The molecule has 0 spiro atoms. The number of thiocarbonyl (C=S) groups is 1. The molecule has 2 atom stereocenters. The summed E-state index contributed by atoms with van der Waals surface area (Å²) in [6.45, 7) is 0. The largest absolute Gasteiger partial charge is 0.457 e.